The Bertz CT molecular complexity index is 291. The first-order chi connectivity index (χ1) is 11.6. The van der Waals surface area contributed by atoms with Gasteiger partial charge in [-0.15, -0.1) is 0 Å². The zero-order valence-electron chi connectivity index (χ0n) is 16.0. The Morgan fingerprint density at radius 3 is 1.00 bits per heavy atom. The van der Waals surface area contributed by atoms with E-state index < -0.39 is 5.85 Å². The molecule has 0 radical (unpaired) electrons. The summed E-state index contributed by atoms with van der Waals surface area (Å²) in [6, 6.07) is 0. The number of hydrogen-bond donors (Lipinski definition) is 0. The first kappa shape index (κ1) is 24.8. The predicted octanol–water partition coefficient (Wildman–Crippen LogP) is 9.70. The largest absolute Gasteiger partial charge is 0.289 e. The lowest BCUT2D eigenvalue weighted by Gasteiger charge is -2.04. The fourth-order valence-corrected chi connectivity index (χ4v) is 4.51. The lowest BCUT2D eigenvalue weighted by atomic mass is 10.0. The Balaban J connectivity index is 3.02. The highest BCUT2D eigenvalue weighted by Crippen LogP contribution is 2.57. The van der Waals surface area contributed by atoms with Gasteiger partial charge in [-0.25, -0.2) is 0 Å². The van der Waals surface area contributed by atoms with Gasteiger partial charge < -0.3 is 0 Å². The summed E-state index contributed by atoms with van der Waals surface area (Å²) in [7, 11) is 0. The van der Waals surface area contributed by atoms with Gasteiger partial charge in [0.05, 0.1) is 0 Å². The summed E-state index contributed by atoms with van der Waals surface area (Å²) in [6.45, 7) is 2.28. The van der Waals surface area contributed by atoms with Gasteiger partial charge in [-0.3, -0.25) is 4.57 Å². The summed E-state index contributed by atoms with van der Waals surface area (Å²) in [5, 5.41) is 0. The van der Waals surface area contributed by atoms with Crippen molar-refractivity contribution in [2.75, 3.05) is 6.16 Å². The van der Waals surface area contributed by atoms with Crippen molar-refractivity contribution in [2.24, 2.45) is 0 Å². The van der Waals surface area contributed by atoms with Crippen LogP contribution < -0.4 is 0 Å². The van der Waals surface area contributed by atoms with Crippen molar-refractivity contribution in [3.63, 3.8) is 0 Å². The first-order valence-corrected chi connectivity index (χ1v) is 14.2. The highest BCUT2D eigenvalue weighted by molar-refractivity contribution is 8.08. The minimum absolute atomic E-state index is 0.481. The summed E-state index contributed by atoms with van der Waals surface area (Å²) in [5.74, 6) is -2.81. The van der Waals surface area contributed by atoms with Crippen LogP contribution in [-0.2, 0) is 4.57 Å². The number of halogens is 2. The Labute approximate surface area is 161 Å². The minimum Gasteiger partial charge on any atom is -0.289 e. The van der Waals surface area contributed by atoms with Crippen LogP contribution in [0.5, 0.6) is 0 Å². The number of hydrogen-bond acceptors (Lipinski definition) is 1. The Morgan fingerprint density at radius 2 is 0.750 bits per heavy atom. The van der Waals surface area contributed by atoms with Crippen LogP contribution in [0.4, 0.5) is 0 Å². The standard InChI is InChI=1S/C20H41Cl2OP/c1-2-3-4-5-6-7-8-9-10-11-12-13-14-15-16-17-18-19-20-24(21,22)23/h2-20H2,1H3. The molecule has 1 nitrogen and oxygen atoms in total. The Kier molecular flexibility index (Phi) is 19.2. The van der Waals surface area contributed by atoms with Crippen LogP contribution in [0.1, 0.15) is 122 Å². The molecule has 0 aliphatic rings. The molecule has 0 atom stereocenters. The van der Waals surface area contributed by atoms with Crippen LogP contribution in [0, 0.1) is 0 Å². The molecule has 146 valence electrons. The topological polar surface area (TPSA) is 17.1 Å². The molecule has 0 heterocycles. The van der Waals surface area contributed by atoms with E-state index in [1.165, 1.54) is 103 Å². The summed E-state index contributed by atoms with van der Waals surface area (Å²) < 4.78 is 11.1. The molecule has 0 rings (SSSR count). The molecule has 0 aliphatic heterocycles. The van der Waals surface area contributed by atoms with Gasteiger partial charge in [-0.1, -0.05) is 116 Å². The zero-order chi connectivity index (χ0) is 17.9. The second-order valence-corrected chi connectivity index (χ2v) is 12.7. The third kappa shape index (κ3) is 22.8. The van der Waals surface area contributed by atoms with Crippen LogP contribution in [0.25, 0.3) is 0 Å². The molecule has 0 saturated carbocycles. The normalized spacial score (nSPS) is 12.0. The summed E-state index contributed by atoms with van der Waals surface area (Å²) in [6.07, 6.45) is 24.9. The molecular weight excluding hydrogens is 358 g/mol. The quantitative estimate of drug-likeness (QED) is 0.156. The molecule has 0 fully saturated rings. The van der Waals surface area contributed by atoms with E-state index in [2.05, 4.69) is 6.92 Å². The first-order valence-electron chi connectivity index (χ1n) is 10.5. The van der Waals surface area contributed by atoms with Crippen molar-refractivity contribution in [1.29, 1.82) is 0 Å². The average Bonchev–Trinajstić information content (AvgIpc) is 2.52. The van der Waals surface area contributed by atoms with Crippen LogP contribution in [-0.4, -0.2) is 6.16 Å². The van der Waals surface area contributed by atoms with E-state index in [0.29, 0.717) is 6.16 Å². The molecule has 0 N–H and O–H groups in total. The van der Waals surface area contributed by atoms with E-state index in [1.807, 2.05) is 0 Å². The average molecular weight is 399 g/mol. The molecule has 0 aromatic heterocycles. The lowest BCUT2D eigenvalue weighted by molar-refractivity contribution is 0.526. The van der Waals surface area contributed by atoms with Crippen molar-refractivity contribution < 1.29 is 4.57 Å². The Hall–Kier alpha value is 0.810. The molecule has 0 aliphatic carbocycles. The van der Waals surface area contributed by atoms with E-state index in [4.69, 9.17) is 22.5 Å². The van der Waals surface area contributed by atoms with Crippen LogP contribution in [0.15, 0.2) is 0 Å². The maximum absolute atomic E-state index is 11.1. The van der Waals surface area contributed by atoms with Gasteiger partial charge in [-0.05, 0) is 28.9 Å². The van der Waals surface area contributed by atoms with Gasteiger partial charge in [0.25, 0.3) is 5.85 Å². The fourth-order valence-electron chi connectivity index (χ4n) is 3.20. The highest BCUT2D eigenvalue weighted by atomic mass is 35.9. The van der Waals surface area contributed by atoms with Gasteiger partial charge >= 0.3 is 0 Å². The molecular formula is C20H41Cl2OP. The maximum atomic E-state index is 11.1. The van der Waals surface area contributed by atoms with Gasteiger partial charge in [0.1, 0.15) is 0 Å². The molecule has 0 bridgehead atoms. The van der Waals surface area contributed by atoms with E-state index >= 15 is 0 Å². The summed E-state index contributed by atoms with van der Waals surface area (Å²) in [5.41, 5.74) is 0. The fraction of sp³-hybridized carbons (Fsp3) is 1.00. The molecule has 24 heavy (non-hydrogen) atoms. The summed E-state index contributed by atoms with van der Waals surface area (Å²) >= 11 is 11.1. The molecule has 0 spiro atoms. The molecule has 0 saturated heterocycles. The van der Waals surface area contributed by atoms with Gasteiger partial charge in [-0.2, -0.15) is 0 Å². The third-order valence-electron chi connectivity index (χ3n) is 4.77. The van der Waals surface area contributed by atoms with E-state index in [0.717, 1.165) is 12.8 Å². The number of unbranched alkanes of at least 4 members (excludes halogenated alkanes) is 17. The van der Waals surface area contributed by atoms with Crippen LogP contribution in [0.2, 0.25) is 0 Å². The zero-order valence-corrected chi connectivity index (χ0v) is 18.5. The highest BCUT2D eigenvalue weighted by Gasteiger charge is 2.11. The number of rotatable bonds is 19. The Morgan fingerprint density at radius 1 is 0.500 bits per heavy atom. The van der Waals surface area contributed by atoms with Crippen LogP contribution >= 0.6 is 28.3 Å². The van der Waals surface area contributed by atoms with Gasteiger partial charge in [0.15, 0.2) is 0 Å². The molecule has 0 aromatic carbocycles. The predicted molar refractivity (Wildman–Crippen MR) is 113 cm³/mol. The van der Waals surface area contributed by atoms with E-state index in [9.17, 15) is 4.57 Å². The second kappa shape index (κ2) is 18.6. The molecule has 0 aromatic rings. The van der Waals surface area contributed by atoms with Gasteiger partial charge in [0, 0.05) is 6.16 Å². The molecule has 0 unspecified atom stereocenters. The monoisotopic (exact) mass is 398 g/mol. The van der Waals surface area contributed by atoms with Crippen LogP contribution in [0.3, 0.4) is 0 Å². The van der Waals surface area contributed by atoms with Crippen molar-refractivity contribution in [3.05, 3.63) is 0 Å². The second-order valence-electron chi connectivity index (χ2n) is 7.30. The molecule has 4 heteroatoms. The molecule has 0 amide bonds. The van der Waals surface area contributed by atoms with E-state index in [-0.39, 0.29) is 0 Å². The smallest absolute Gasteiger partial charge is 0.253 e. The van der Waals surface area contributed by atoms with Crippen molar-refractivity contribution in [1.82, 2.24) is 0 Å². The lowest BCUT2D eigenvalue weighted by Crippen LogP contribution is -1.85. The van der Waals surface area contributed by atoms with Crippen molar-refractivity contribution in [2.45, 2.75) is 122 Å². The minimum atomic E-state index is -2.81. The van der Waals surface area contributed by atoms with Crippen molar-refractivity contribution >= 4 is 28.3 Å². The third-order valence-corrected chi connectivity index (χ3v) is 6.62. The SMILES string of the molecule is CCCCCCCCCCCCCCCCCCCCP(=O)(Cl)Cl. The van der Waals surface area contributed by atoms with Gasteiger partial charge in [0.2, 0.25) is 0 Å². The van der Waals surface area contributed by atoms with E-state index in [1.54, 1.807) is 0 Å². The van der Waals surface area contributed by atoms with Crippen molar-refractivity contribution in [3.8, 4) is 0 Å². The maximum Gasteiger partial charge on any atom is 0.253 e. The summed E-state index contributed by atoms with van der Waals surface area (Å²) in [4.78, 5) is 0.